The second-order valence-electron chi connectivity index (χ2n) is 13.8. The summed E-state index contributed by atoms with van der Waals surface area (Å²) >= 11 is 0. The molecule has 1 aliphatic rings. The highest BCUT2D eigenvalue weighted by Crippen LogP contribution is 2.24. The second kappa shape index (κ2) is 21.5. The summed E-state index contributed by atoms with van der Waals surface area (Å²) in [6.07, 6.45) is 1.76. The summed E-state index contributed by atoms with van der Waals surface area (Å²) in [7, 11) is 0. The minimum absolute atomic E-state index is 0.103. The first-order chi connectivity index (χ1) is 28.1. The number of aliphatic imine (C=N–C) groups is 1. The Labute approximate surface area is 337 Å². The van der Waals surface area contributed by atoms with Gasteiger partial charge >= 0.3 is 0 Å². The van der Waals surface area contributed by atoms with Crippen LogP contribution in [0.5, 0.6) is 5.75 Å². The van der Waals surface area contributed by atoms with Crippen molar-refractivity contribution in [2.75, 3.05) is 24.5 Å². The van der Waals surface area contributed by atoms with Crippen LogP contribution >= 0.6 is 0 Å². The van der Waals surface area contributed by atoms with E-state index in [0.29, 0.717) is 55.0 Å². The quantitative estimate of drug-likeness (QED) is 0.0284. The third-order valence-electron chi connectivity index (χ3n) is 9.51. The normalized spacial score (nSPS) is 14.8. The van der Waals surface area contributed by atoms with Crippen LogP contribution in [0.3, 0.4) is 0 Å². The van der Waals surface area contributed by atoms with Gasteiger partial charge in [-0.15, -0.1) is 0 Å². The largest absolute Gasteiger partial charge is 0.489 e. The zero-order chi connectivity index (χ0) is 41.3. The summed E-state index contributed by atoms with van der Waals surface area (Å²) in [4.78, 5) is 74.0. The number of rotatable bonds is 21. The average molecular weight is 790 g/mol. The number of ether oxygens (including phenoxy) is 1. The maximum absolute atomic E-state index is 14.2. The van der Waals surface area contributed by atoms with E-state index in [1.165, 1.54) is 0 Å². The zero-order valence-corrected chi connectivity index (χ0v) is 32.2. The number of amides is 5. The number of carbonyl (C=O) groups excluding carboxylic acids is 5. The number of anilines is 1. The molecular formula is C43H51N9O6. The first kappa shape index (κ1) is 42.4. The molecule has 0 radical (unpaired) electrons. The van der Waals surface area contributed by atoms with Gasteiger partial charge in [0.1, 0.15) is 36.5 Å². The number of nitrogens with zero attached hydrogens (tertiary/aromatic N) is 2. The smallest absolute Gasteiger partial charge is 0.251 e. The molecule has 4 aromatic carbocycles. The SMILES string of the molecule is NCCCC[C@H](NC(=O)[C@H](CCCN=C(N)N)NC(=O)c1ccccc1)C(=O)N[C@@H](C(=O)N[C@@H]1CN(c2ccccc2)C1=O)c1ccc(OCc2ccccc2)cc1. The molecule has 5 rings (SSSR count). The van der Waals surface area contributed by atoms with Gasteiger partial charge in [-0.05, 0) is 86.2 Å². The number of para-hydroxylation sites is 1. The van der Waals surface area contributed by atoms with Crippen molar-refractivity contribution in [1.82, 2.24) is 21.3 Å². The van der Waals surface area contributed by atoms with Crippen molar-refractivity contribution in [1.29, 1.82) is 0 Å². The Morgan fingerprint density at radius 1 is 0.724 bits per heavy atom. The fraction of sp³-hybridized carbons (Fsp3) is 0.302. The van der Waals surface area contributed by atoms with E-state index in [4.69, 9.17) is 21.9 Å². The number of hydrogen-bond donors (Lipinski definition) is 7. The number of nitrogens with two attached hydrogens (primary N) is 3. The van der Waals surface area contributed by atoms with E-state index in [9.17, 15) is 24.0 Å². The Morgan fingerprint density at radius 2 is 1.33 bits per heavy atom. The van der Waals surface area contributed by atoms with Gasteiger partial charge in [0.15, 0.2) is 5.96 Å². The van der Waals surface area contributed by atoms with Gasteiger partial charge in [-0.2, -0.15) is 0 Å². The number of guanidine groups is 1. The number of β-lactam (4-membered cyclic amide) rings is 1. The van der Waals surface area contributed by atoms with Crippen LogP contribution in [0.15, 0.2) is 120 Å². The molecule has 0 unspecified atom stereocenters. The van der Waals surface area contributed by atoms with E-state index in [0.717, 1.165) is 5.56 Å². The minimum Gasteiger partial charge on any atom is -0.489 e. The number of carbonyl (C=O) groups is 5. The summed E-state index contributed by atoms with van der Waals surface area (Å²) in [6.45, 7) is 1.15. The first-order valence-corrected chi connectivity index (χ1v) is 19.3. The minimum atomic E-state index is -1.25. The van der Waals surface area contributed by atoms with Crippen LogP contribution in [-0.2, 0) is 25.8 Å². The Hall–Kier alpha value is -6.74. The molecule has 15 nitrogen and oxygen atoms in total. The molecule has 0 aromatic heterocycles. The zero-order valence-electron chi connectivity index (χ0n) is 32.2. The highest BCUT2D eigenvalue weighted by molar-refractivity contribution is 6.06. The number of hydrogen-bond acceptors (Lipinski definition) is 8. The molecule has 1 heterocycles. The van der Waals surface area contributed by atoms with Crippen LogP contribution < -0.4 is 48.1 Å². The third kappa shape index (κ3) is 12.4. The van der Waals surface area contributed by atoms with E-state index < -0.39 is 47.8 Å². The molecule has 58 heavy (non-hydrogen) atoms. The molecule has 1 saturated heterocycles. The van der Waals surface area contributed by atoms with Gasteiger partial charge in [0.2, 0.25) is 17.7 Å². The van der Waals surface area contributed by atoms with Crippen LogP contribution in [0.1, 0.15) is 59.6 Å². The second-order valence-corrected chi connectivity index (χ2v) is 13.8. The molecule has 1 aliphatic heterocycles. The first-order valence-electron chi connectivity index (χ1n) is 19.3. The van der Waals surface area contributed by atoms with Gasteiger partial charge < -0.3 is 48.1 Å². The summed E-state index contributed by atoms with van der Waals surface area (Å²) < 4.78 is 5.94. The van der Waals surface area contributed by atoms with Crippen molar-refractivity contribution in [3.8, 4) is 5.75 Å². The standard InChI is InChI=1S/C43H51N9O6/c44-25-11-10-19-34(49-39(54)35(20-12-26-47-43(45)46)48-38(53)31-15-6-2-7-16-31)40(55)51-37(30-21-23-33(24-22-30)58-28-29-13-4-1-5-14-29)41(56)50-36-27-52(42(36)57)32-17-8-3-9-18-32/h1-9,13-18,21-24,34-37H,10-12,19-20,25-28,44H2,(H,48,53)(H,49,54)(H,50,56)(H,51,55)(H4,45,46,47)/t34-,35-,36+,37+/m0/s1. The molecule has 4 atom stereocenters. The topological polar surface area (TPSA) is 236 Å². The van der Waals surface area contributed by atoms with Gasteiger partial charge in [0, 0.05) is 17.8 Å². The Morgan fingerprint density at radius 3 is 1.97 bits per heavy atom. The molecule has 10 N–H and O–H groups in total. The van der Waals surface area contributed by atoms with Crippen LogP contribution in [0, 0.1) is 0 Å². The predicted octanol–water partition coefficient (Wildman–Crippen LogP) is 2.42. The van der Waals surface area contributed by atoms with Crippen molar-refractivity contribution in [3.05, 3.63) is 132 Å². The molecule has 0 aliphatic carbocycles. The van der Waals surface area contributed by atoms with Crippen LogP contribution in [0.4, 0.5) is 5.69 Å². The fourth-order valence-corrected chi connectivity index (χ4v) is 6.31. The molecule has 5 amide bonds. The number of unbranched alkanes of at least 4 members (excludes halogenated alkanes) is 1. The molecule has 0 spiro atoms. The van der Waals surface area contributed by atoms with Crippen molar-refractivity contribution in [2.24, 2.45) is 22.2 Å². The highest BCUT2D eigenvalue weighted by atomic mass is 16.5. The van der Waals surface area contributed by atoms with Crippen molar-refractivity contribution >= 4 is 41.2 Å². The summed E-state index contributed by atoms with van der Waals surface area (Å²) in [5.74, 6) is -2.19. The van der Waals surface area contributed by atoms with E-state index in [1.54, 1.807) is 71.6 Å². The fourth-order valence-electron chi connectivity index (χ4n) is 6.31. The molecule has 1 fully saturated rings. The predicted molar refractivity (Wildman–Crippen MR) is 221 cm³/mol. The number of benzene rings is 4. The van der Waals surface area contributed by atoms with Crippen LogP contribution in [0.25, 0.3) is 0 Å². The third-order valence-corrected chi connectivity index (χ3v) is 9.51. The van der Waals surface area contributed by atoms with E-state index in [1.807, 2.05) is 48.5 Å². The van der Waals surface area contributed by atoms with Gasteiger partial charge in [-0.25, -0.2) is 0 Å². The van der Waals surface area contributed by atoms with E-state index in [2.05, 4.69) is 26.3 Å². The maximum atomic E-state index is 14.2. The molecule has 0 saturated carbocycles. The molecular weight excluding hydrogens is 739 g/mol. The molecule has 0 bridgehead atoms. The molecule has 304 valence electrons. The molecule has 4 aromatic rings. The van der Waals surface area contributed by atoms with Gasteiger partial charge in [-0.1, -0.05) is 78.9 Å². The lowest BCUT2D eigenvalue weighted by Gasteiger charge is -2.39. The lowest BCUT2D eigenvalue weighted by molar-refractivity contribution is -0.135. The summed E-state index contributed by atoms with van der Waals surface area (Å²) in [5, 5.41) is 11.2. The average Bonchev–Trinajstić information content (AvgIpc) is 3.24. The lowest BCUT2D eigenvalue weighted by atomic mass is 10.0. The Balaban J connectivity index is 1.34. The number of nitrogens with one attached hydrogen (secondary N) is 4. The Bertz CT molecular complexity index is 2000. The Kier molecular flexibility index (Phi) is 15.7. The van der Waals surface area contributed by atoms with Crippen LogP contribution in [0.2, 0.25) is 0 Å². The van der Waals surface area contributed by atoms with Crippen LogP contribution in [-0.4, -0.2) is 73.3 Å². The summed E-state index contributed by atoms with van der Waals surface area (Å²) in [5.41, 5.74) is 19.2. The van der Waals surface area contributed by atoms with E-state index in [-0.39, 0.29) is 37.8 Å². The van der Waals surface area contributed by atoms with Gasteiger partial charge in [0.05, 0.1) is 6.54 Å². The lowest BCUT2D eigenvalue weighted by Crippen LogP contribution is -2.65. The molecule has 15 heteroatoms. The van der Waals surface area contributed by atoms with E-state index >= 15 is 0 Å². The highest BCUT2D eigenvalue weighted by Gasteiger charge is 2.40. The van der Waals surface area contributed by atoms with Crippen molar-refractivity contribution in [3.63, 3.8) is 0 Å². The monoisotopic (exact) mass is 789 g/mol. The van der Waals surface area contributed by atoms with Gasteiger partial charge in [0.25, 0.3) is 11.8 Å². The van der Waals surface area contributed by atoms with Gasteiger partial charge in [-0.3, -0.25) is 29.0 Å². The maximum Gasteiger partial charge on any atom is 0.251 e. The van der Waals surface area contributed by atoms with Crippen molar-refractivity contribution < 1.29 is 28.7 Å². The van der Waals surface area contributed by atoms with Crippen molar-refractivity contribution in [2.45, 2.75) is 62.9 Å². The summed E-state index contributed by atoms with van der Waals surface area (Å²) in [6, 6.07) is 29.7.